The number of nitrogens with zero attached hydrogens (tertiary/aromatic N) is 2. The summed E-state index contributed by atoms with van der Waals surface area (Å²) in [6, 6.07) is 5.38. The highest BCUT2D eigenvalue weighted by molar-refractivity contribution is 5.11. The Hall–Kier alpha value is -1.02. The molecular weight excluding hydrogens is 184 g/mol. The van der Waals surface area contributed by atoms with Crippen molar-refractivity contribution < 1.29 is 0 Å². The summed E-state index contributed by atoms with van der Waals surface area (Å²) in [6.45, 7) is 5.61. The molecule has 0 radical (unpaired) electrons. The summed E-state index contributed by atoms with van der Waals surface area (Å²) >= 11 is 0. The van der Waals surface area contributed by atoms with Crippen molar-refractivity contribution in [1.82, 2.24) is 9.47 Å². The van der Waals surface area contributed by atoms with Crippen LogP contribution < -0.4 is 0 Å². The Bertz CT molecular complexity index is 337. The standard InChI is InChI=1S/C13H20N2/c1-11-8-12(2)14(3)13(9-11)10-15-6-4-5-7-15/h4-7,9,12-13H,8,10H2,1-3H3/t12-,13-/m0/s1. The summed E-state index contributed by atoms with van der Waals surface area (Å²) < 4.78 is 2.25. The van der Waals surface area contributed by atoms with Gasteiger partial charge in [0.15, 0.2) is 0 Å². The fraction of sp³-hybridized carbons (Fsp3) is 0.538. The topological polar surface area (TPSA) is 8.17 Å². The van der Waals surface area contributed by atoms with Gasteiger partial charge in [-0.1, -0.05) is 11.6 Å². The normalized spacial score (nSPS) is 27.8. The maximum Gasteiger partial charge on any atom is 0.0460 e. The van der Waals surface area contributed by atoms with Gasteiger partial charge in [-0.15, -0.1) is 0 Å². The summed E-state index contributed by atoms with van der Waals surface area (Å²) in [5, 5.41) is 0. The quantitative estimate of drug-likeness (QED) is 0.672. The molecule has 0 amide bonds. The third-order valence-corrected chi connectivity index (χ3v) is 3.38. The van der Waals surface area contributed by atoms with E-state index in [0.29, 0.717) is 12.1 Å². The van der Waals surface area contributed by atoms with Gasteiger partial charge in [-0.3, -0.25) is 4.90 Å². The van der Waals surface area contributed by atoms with Crippen LogP contribution in [0.5, 0.6) is 0 Å². The van der Waals surface area contributed by atoms with Crippen molar-refractivity contribution in [3.8, 4) is 0 Å². The Balaban J connectivity index is 2.10. The highest BCUT2D eigenvalue weighted by Crippen LogP contribution is 2.21. The highest BCUT2D eigenvalue weighted by atomic mass is 15.2. The van der Waals surface area contributed by atoms with Crippen LogP contribution in [0.15, 0.2) is 36.2 Å². The van der Waals surface area contributed by atoms with Crippen LogP contribution >= 0.6 is 0 Å². The minimum atomic E-state index is 0.543. The first kappa shape index (κ1) is 10.5. The molecule has 0 aromatic carbocycles. The van der Waals surface area contributed by atoms with Gasteiger partial charge in [0.05, 0.1) is 0 Å². The average Bonchev–Trinajstić information content (AvgIpc) is 2.66. The molecule has 0 saturated heterocycles. The second kappa shape index (κ2) is 4.23. The predicted octanol–water partition coefficient (Wildman–Crippen LogP) is 2.53. The van der Waals surface area contributed by atoms with E-state index < -0.39 is 0 Å². The third kappa shape index (κ3) is 2.32. The fourth-order valence-corrected chi connectivity index (χ4v) is 2.34. The molecule has 2 heteroatoms. The SMILES string of the molecule is CC1=C[C@@H](Cn2cccc2)N(C)[C@@H](C)C1. The molecule has 0 saturated carbocycles. The zero-order valence-electron chi connectivity index (χ0n) is 9.85. The molecule has 2 atom stereocenters. The Morgan fingerprint density at radius 1 is 1.33 bits per heavy atom. The Morgan fingerprint density at radius 2 is 2.00 bits per heavy atom. The Labute approximate surface area is 92.2 Å². The number of likely N-dealkylation sites (N-methyl/N-ethyl adjacent to an activating group) is 1. The minimum absolute atomic E-state index is 0.543. The molecule has 0 bridgehead atoms. The van der Waals surface area contributed by atoms with Crippen LogP contribution in [-0.4, -0.2) is 28.6 Å². The molecule has 0 unspecified atom stereocenters. The van der Waals surface area contributed by atoms with Crippen molar-refractivity contribution in [2.75, 3.05) is 7.05 Å². The fourth-order valence-electron chi connectivity index (χ4n) is 2.34. The molecule has 0 fully saturated rings. The van der Waals surface area contributed by atoms with E-state index in [4.69, 9.17) is 0 Å². The van der Waals surface area contributed by atoms with E-state index in [0.717, 1.165) is 6.54 Å². The Kier molecular flexibility index (Phi) is 2.96. The molecule has 0 N–H and O–H groups in total. The first-order valence-electron chi connectivity index (χ1n) is 5.67. The van der Waals surface area contributed by atoms with Crippen molar-refractivity contribution in [2.24, 2.45) is 0 Å². The van der Waals surface area contributed by atoms with Gasteiger partial charge >= 0.3 is 0 Å². The number of hydrogen-bond donors (Lipinski definition) is 0. The third-order valence-electron chi connectivity index (χ3n) is 3.38. The maximum absolute atomic E-state index is 2.47. The molecule has 1 aromatic heterocycles. The lowest BCUT2D eigenvalue weighted by Crippen LogP contribution is -2.42. The second-order valence-corrected chi connectivity index (χ2v) is 4.68. The number of rotatable bonds is 2. The monoisotopic (exact) mass is 204 g/mol. The van der Waals surface area contributed by atoms with E-state index in [9.17, 15) is 0 Å². The zero-order chi connectivity index (χ0) is 10.8. The van der Waals surface area contributed by atoms with Crippen molar-refractivity contribution in [3.05, 3.63) is 36.2 Å². The van der Waals surface area contributed by atoms with E-state index in [1.165, 1.54) is 12.0 Å². The lowest BCUT2D eigenvalue weighted by Gasteiger charge is -2.36. The second-order valence-electron chi connectivity index (χ2n) is 4.68. The van der Waals surface area contributed by atoms with Crippen LogP contribution in [-0.2, 0) is 6.54 Å². The van der Waals surface area contributed by atoms with Crippen LogP contribution in [0.4, 0.5) is 0 Å². The van der Waals surface area contributed by atoms with Crippen molar-refractivity contribution in [1.29, 1.82) is 0 Å². The largest absolute Gasteiger partial charge is 0.352 e. The molecule has 82 valence electrons. The molecule has 2 nitrogen and oxygen atoms in total. The van der Waals surface area contributed by atoms with Crippen LogP contribution in [0, 0.1) is 0 Å². The van der Waals surface area contributed by atoms with Crippen molar-refractivity contribution >= 4 is 0 Å². The first-order valence-corrected chi connectivity index (χ1v) is 5.67. The summed E-state index contributed by atoms with van der Waals surface area (Å²) in [4.78, 5) is 2.47. The van der Waals surface area contributed by atoms with Crippen LogP contribution in [0.25, 0.3) is 0 Å². The van der Waals surface area contributed by atoms with Crippen LogP contribution in [0.1, 0.15) is 20.3 Å². The first-order chi connectivity index (χ1) is 7.16. The van der Waals surface area contributed by atoms with Gasteiger partial charge in [0.1, 0.15) is 0 Å². The molecule has 15 heavy (non-hydrogen) atoms. The Morgan fingerprint density at radius 3 is 2.67 bits per heavy atom. The number of hydrogen-bond acceptors (Lipinski definition) is 1. The molecule has 2 rings (SSSR count). The molecule has 0 aliphatic carbocycles. The van der Waals surface area contributed by atoms with Gasteiger partial charge < -0.3 is 4.57 Å². The number of aromatic nitrogens is 1. The molecule has 0 spiro atoms. The maximum atomic E-state index is 2.47. The van der Waals surface area contributed by atoms with E-state index in [1.807, 2.05) is 0 Å². The van der Waals surface area contributed by atoms with Gasteiger partial charge in [-0.25, -0.2) is 0 Å². The predicted molar refractivity (Wildman–Crippen MR) is 63.8 cm³/mol. The van der Waals surface area contributed by atoms with Gasteiger partial charge in [0.25, 0.3) is 0 Å². The van der Waals surface area contributed by atoms with Crippen molar-refractivity contribution in [3.63, 3.8) is 0 Å². The summed E-state index contributed by atoms with van der Waals surface area (Å²) in [7, 11) is 2.22. The van der Waals surface area contributed by atoms with E-state index >= 15 is 0 Å². The molecule has 1 aliphatic heterocycles. The van der Waals surface area contributed by atoms with E-state index in [-0.39, 0.29) is 0 Å². The van der Waals surface area contributed by atoms with Gasteiger partial charge in [0, 0.05) is 31.0 Å². The molecule has 2 heterocycles. The average molecular weight is 204 g/mol. The van der Waals surface area contributed by atoms with Crippen molar-refractivity contribution in [2.45, 2.75) is 38.9 Å². The molecule has 1 aliphatic rings. The van der Waals surface area contributed by atoms with Crippen LogP contribution in [0.2, 0.25) is 0 Å². The van der Waals surface area contributed by atoms with E-state index in [2.05, 4.69) is 61.0 Å². The smallest absolute Gasteiger partial charge is 0.0460 e. The zero-order valence-corrected chi connectivity index (χ0v) is 9.85. The summed E-state index contributed by atoms with van der Waals surface area (Å²) in [5.74, 6) is 0. The van der Waals surface area contributed by atoms with Crippen LogP contribution in [0.3, 0.4) is 0 Å². The highest BCUT2D eigenvalue weighted by Gasteiger charge is 2.22. The van der Waals surface area contributed by atoms with Gasteiger partial charge in [-0.2, -0.15) is 0 Å². The van der Waals surface area contributed by atoms with Gasteiger partial charge in [-0.05, 0) is 39.4 Å². The summed E-state index contributed by atoms with van der Waals surface area (Å²) in [5.41, 5.74) is 1.53. The van der Waals surface area contributed by atoms with Gasteiger partial charge in [0.2, 0.25) is 0 Å². The molecular formula is C13H20N2. The summed E-state index contributed by atoms with van der Waals surface area (Å²) in [6.07, 6.45) is 7.88. The molecule has 1 aromatic rings. The minimum Gasteiger partial charge on any atom is -0.352 e. The van der Waals surface area contributed by atoms with E-state index in [1.54, 1.807) is 0 Å². The lowest BCUT2D eigenvalue weighted by molar-refractivity contribution is 0.184. The lowest BCUT2D eigenvalue weighted by atomic mass is 9.98.